The molecule has 0 amide bonds. The van der Waals surface area contributed by atoms with Gasteiger partial charge in [0.05, 0.1) is 24.2 Å². The Morgan fingerprint density at radius 3 is 2.64 bits per heavy atom. The highest BCUT2D eigenvalue weighted by atomic mass is 79.9. The fraction of sp³-hybridized carbons (Fsp3) is 0.357. The van der Waals surface area contributed by atoms with Gasteiger partial charge in [-0.05, 0) is 25.2 Å². The number of hydrogen-bond acceptors (Lipinski definition) is 3. The SMILES string of the molecule is COc1nc2ccc(Br)cc2c(Cl)c1CN(C)CC(F)(F)F. The number of ether oxygens (including phenoxy) is 1. The largest absolute Gasteiger partial charge is 0.481 e. The molecule has 0 N–H and O–H groups in total. The standard InChI is InChI=1S/C14H13BrClF3N2O/c1-21(7-14(17,18)19)6-10-12(16)9-5-8(15)3-4-11(9)20-13(10)22-2/h3-5H,6-7H2,1-2H3. The number of rotatable bonds is 4. The number of aromatic nitrogens is 1. The number of methoxy groups -OCH3 is 1. The summed E-state index contributed by atoms with van der Waals surface area (Å²) >= 11 is 9.70. The monoisotopic (exact) mass is 396 g/mol. The highest BCUT2D eigenvalue weighted by Gasteiger charge is 2.30. The van der Waals surface area contributed by atoms with Gasteiger partial charge in [0.15, 0.2) is 0 Å². The molecule has 8 heteroatoms. The molecule has 0 saturated carbocycles. The van der Waals surface area contributed by atoms with Crippen LogP contribution in [0.4, 0.5) is 13.2 Å². The van der Waals surface area contributed by atoms with Crippen molar-refractivity contribution in [1.82, 2.24) is 9.88 Å². The lowest BCUT2D eigenvalue weighted by Gasteiger charge is -2.21. The maximum absolute atomic E-state index is 12.5. The van der Waals surface area contributed by atoms with E-state index in [1.165, 1.54) is 14.2 Å². The van der Waals surface area contributed by atoms with E-state index in [4.69, 9.17) is 16.3 Å². The van der Waals surface area contributed by atoms with Gasteiger partial charge in [0, 0.05) is 22.0 Å². The van der Waals surface area contributed by atoms with Crippen LogP contribution in [0.1, 0.15) is 5.56 Å². The molecule has 0 aliphatic heterocycles. The van der Waals surface area contributed by atoms with Crippen LogP contribution in [0.5, 0.6) is 5.88 Å². The first-order chi connectivity index (χ1) is 10.2. The normalized spacial score (nSPS) is 12.2. The third-order valence-electron chi connectivity index (χ3n) is 3.01. The molecule has 120 valence electrons. The van der Waals surface area contributed by atoms with Crippen molar-refractivity contribution in [1.29, 1.82) is 0 Å². The first-order valence-electron chi connectivity index (χ1n) is 6.28. The quantitative estimate of drug-likeness (QED) is 0.751. The summed E-state index contributed by atoms with van der Waals surface area (Å²) in [5.41, 5.74) is 1.05. The molecule has 1 heterocycles. The van der Waals surface area contributed by atoms with Gasteiger partial charge in [0.1, 0.15) is 0 Å². The zero-order chi connectivity index (χ0) is 16.5. The van der Waals surface area contributed by atoms with Crippen LogP contribution in [-0.4, -0.2) is 36.8 Å². The van der Waals surface area contributed by atoms with Crippen molar-refractivity contribution in [3.63, 3.8) is 0 Å². The minimum Gasteiger partial charge on any atom is -0.481 e. The molecule has 1 aromatic carbocycles. The highest BCUT2D eigenvalue weighted by molar-refractivity contribution is 9.10. The number of halogens is 5. The van der Waals surface area contributed by atoms with E-state index in [1.807, 2.05) is 0 Å². The van der Waals surface area contributed by atoms with Crippen LogP contribution in [-0.2, 0) is 6.54 Å². The van der Waals surface area contributed by atoms with Gasteiger partial charge >= 0.3 is 6.18 Å². The summed E-state index contributed by atoms with van der Waals surface area (Å²) in [7, 11) is 2.78. The molecular formula is C14H13BrClF3N2O. The fourth-order valence-corrected chi connectivity index (χ4v) is 2.81. The topological polar surface area (TPSA) is 25.4 Å². The van der Waals surface area contributed by atoms with Gasteiger partial charge in [-0.2, -0.15) is 13.2 Å². The van der Waals surface area contributed by atoms with Crippen molar-refractivity contribution >= 4 is 38.4 Å². The molecule has 2 aromatic rings. The maximum Gasteiger partial charge on any atom is 0.401 e. The predicted molar refractivity (Wildman–Crippen MR) is 83.4 cm³/mol. The number of pyridine rings is 1. The molecular weight excluding hydrogens is 385 g/mol. The lowest BCUT2D eigenvalue weighted by atomic mass is 10.1. The number of benzene rings is 1. The minimum atomic E-state index is -4.28. The molecule has 0 saturated heterocycles. The number of hydrogen-bond donors (Lipinski definition) is 0. The average molecular weight is 398 g/mol. The van der Waals surface area contributed by atoms with Crippen molar-refractivity contribution in [2.75, 3.05) is 20.7 Å². The van der Waals surface area contributed by atoms with Crippen molar-refractivity contribution in [2.45, 2.75) is 12.7 Å². The van der Waals surface area contributed by atoms with Crippen LogP contribution < -0.4 is 4.74 Å². The second-order valence-corrected chi connectivity index (χ2v) is 6.16. The fourth-order valence-electron chi connectivity index (χ4n) is 2.15. The van der Waals surface area contributed by atoms with Crippen LogP contribution >= 0.6 is 27.5 Å². The van der Waals surface area contributed by atoms with Crippen LogP contribution in [0, 0.1) is 0 Å². The summed E-state index contributed by atoms with van der Waals surface area (Å²) in [6.45, 7) is -1.06. The summed E-state index contributed by atoms with van der Waals surface area (Å²) in [6, 6.07) is 5.34. The van der Waals surface area contributed by atoms with Gasteiger partial charge < -0.3 is 4.74 Å². The van der Waals surface area contributed by atoms with Crippen molar-refractivity contribution < 1.29 is 17.9 Å². The van der Waals surface area contributed by atoms with Gasteiger partial charge in [0.2, 0.25) is 5.88 Å². The number of fused-ring (bicyclic) bond motifs is 1. The smallest absolute Gasteiger partial charge is 0.401 e. The van der Waals surface area contributed by atoms with E-state index < -0.39 is 12.7 Å². The van der Waals surface area contributed by atoms with Crippen molar-refractivity contribution in [2.24, 2.45) is 0 Å². The molecule has 0 aliphatic rings. The Labute approximate surface area is 139 Å². The molecule has 3 nitrogen and oxygen atoms in total. The van der Waals surface area contributed by atoms with Crippen molar-refractivity contribution in [3.05, 3.63) is 33.3 Å². The van der Waals surface area contributed by atoms with Gasteiger partial charge in [-0.1, -0.05) is 27.5 Å². The van der Waals surface area contributed by atoms with Crippen LogP contribution in [0.25, 0.3) is 10.9 Å². The molecule has 1 aromatic heterocycles. The molecule has 0 fully saturated rings. The number of nitrogens with zero attached hydrogens (tertiary/aromatic N) is 2. The zero-order valence-electron chi connectivity index (χ0n) is 11.8. The van der Waals surface area contributed by atoms with Gasteiger partial charge in [0.25, 0.3) is 0 Å². The molecule has 0 atom stereocenters. The molecule has 22 heavy (non-hydrogen) atoms. The number of alkyl halides is 3. The van der Waals surface area contributed by atoms with E-state index in [0.29, 0.717) is 21.5 Å². The second kappa shape index (κ2) is 6.60. The van der Waals surface area contributed by atoms with Gasteiger partial charge in [-0.15, -0.1) is 0 Å². The Bertz CT molecular complexity index is 694. The summed E-state index contributed by atoms with van der Waals surface area (Å²) in [5.74, 6) is 0.230. The summed E-state index contributed by atoms with van der Waals surface area (Å²) in [5, 5.41) is 1.00. The molecule has 0 unspecified atom stereocenters. The second-order valence-electron chi connectivity index (χ2n) is 4.86. The summed E-state index contributed by atoms with van der Waals surface area (Å²) in [4.78, 5) is 5.43. The Kier molecular flexibility index (Phi) is 5.19. The molecule has 0 spiro atoms. The Morgan fingerprint density at radius 2 is 2.05 bits per heavy atom. The molecule has 0 bridgehead atoms. The zero-order valence-corrected chi connectivity index (χ0v) is 14.2. The Hall–Kier alpha value is -1.05. The van der Waals surface area contributed by atoms with E-state index in [1.54, 1.807) is 18.2 Å². The molecule has 0 aliphatic carbocycles. The Morgan fingerprint density at radius 1 is 1.36 bits per heavy atom. The van der Waals surface area contributed by atoms with Crippen LogP contribution in [0.2, 0.25) is 5.02 Å². The first-order valence-corrected chi connectivity index (χ1v) is 7.45. The van der Waals surface area contributed by atoms with Crippen molar-refractivity contribution in [3.8, 4) is 5.88 Å². The van der Waals surface area contributed by atoms with Gasteiger partial charge in [-0.3, -0.25) is 4.90 Å². The van der Waals surface area contributed by atoms with Gasteiger partial charge in [-0.25, -0.2) is 4.98 Å². The lowest BCUT2D eigenvalue weighted by Crippen LogP contribution is -2.30. The maximum atomic E-state index is 12.5. The van der Waals surface area contributed by atoms with Crippen LogP contribution in [0.3, 0.4) is 0 Å². The molecule has 2 rings (SSSR count). The third-order valence-corrected chi connectivity index (χ3v) is 3.94. The average Bonchev–Trinajstić information content (AvgIpc) is 2.40. The highest BCUT2D eigenvalue weighted by Crippen LogP contribution is 2.34. The van der Waals surface area contributed by atoms with E-state index in [0.717, 1.165) is 9.37 Å². The van der Waals surface area contributed by atoms with E-state index in [2.05, 4.69) is 20.9 Å². The summed E-state index contributed by atoms with van der Waals surface area (Å²) in [6.07, 6.45) is -4.28. The summed E-state index contributed by atoms with van der Waals surface area (Å²) < 4.78 is 43.4. The first kappa shape index (κ1) is 17.3. The lowest BCUT2D eigenvalue weighted by molar-refractivity contribution is -0.144. The predicted octanol–water partition coefficient (Wildman–Crippen LogP) is 4.65. The minimum absolute atomic E-state index is 0.0169. The van der Waals surface area contributed by atoms with Crippen LogP contribution in [0.15, 0.2) is 22.7 Å². The van der Waals surface area contributed by atoms with E-state index >= 15 is 0 Å². The van der Waals surface area contributed by atoms with E-state index in [9.17, 15) is 13.2 Å². The Balaban J connectivity index is 2.45. The molecule has 0 radical (unpaired) electrons. The van der Waals surface area contributed by atoms with E-state index in [-0.39, 0.29) is 12.4 Å². The third kappa shape index (κ3) is 4.02.